The lowest BCUT2D eigenvalue weighted by Crippen LogP contribution is -2.00. The lowest BCUT2D eigenvalue weighted by molar-refractivity contribution is 0.309. The van der Waals surface area contributed by atoms with Crippen molar-refractivity contribution < 1.29 is 4.39 Å². The zero-order chi connectivity index (χ0) is 8.60. The Morgan fingerprint density at radius 2 is 2.33 bits per heavy atom. The Morgan fingerprint density at radius 1 is 1.58 bits per heavy atom. The third-order valence-corrected chi connectivity index (χ3v) is 2.84. The van der Waals surface area contributed by atoms with Crippen molar-refractivity contribution in [2.45, 2.75) is 23.4 Å². The van der Waals surface area contributed by atoms with Crippen molar-refractivity contribution in [2.75, 3.05) is 6.26 Å². The van der Waals surface area contributed by atoms with Gasteiger partial charge >= 0.3 is 0 Å². The first-order valence-electron chi connectivity index (χ1n) is 3.94. The maximum atomic E-state index is 13.5. The quantitative estimate of drug-likeness (QED) is 0.654. The van der Waals surface area contributed by atoms with Crippen LogP contribution in [-0.4, -0.2) is 11.2 Å². The zero-order valence-electron chi connectivity index (χ0n) is 6.88. The Balaban J connectivity index is 2.32. The van der Waals surface area contributed by atoms with Crippen molar-refractivity contribution in [3.63, 3.8) is 0 Å². The van der Waals surface area contributed by atoms with E-state index in [2.05, 4.69) is 4.98 Å². The minimum Gasteiger partial charge on any atom is -0.258 e. The molecule has 0 atom stereocenters. The summed E-state index contributed by atoms with van der Waals surface area (Å²) < 4.78 is 13.5. The summed E-state index contributed by atoms with van der Waals surface area (Å²) in [6, 6.07) is 3.75. The number of hydrogen-bond donors (Lipinski definition) is 0. The molecule has 0 saturated heterocycles. The van der Waals surface area contributed by atoms with Crippen LogP contribution < -0.4 is 0 Å². The maximum absolute atomic E-state index is 13.5. The van der Waals surface area contributed by atoms with E-state index in [1.807, 2.05) is 18.4 Å². The summed E-state index contributed by atoms with van der Waals surface area (Å²) in [4.78, 5) is 5.12. The van der Waals surface area contributed by atoms with Gasteiger partial charge in [-0.1, -0.05) is 0 Å². The number of rotatable bonds is 2. The first kappa shape index (κ1) is 8.05. The lowest BCUT2D eigenvalue weighted by atomic mass is 10.2. The van der Waals surface area contributed by atoms with Crippen molar-refractivity contribution in [1.82, 2.24) is 4.98 Å². The van der Waals surface area contributed by atoms with Gasteiger partial charge in [-0.25, -0.2) is 4.39 Å². The molecule has 12 heavy (non-hydrogen) atoms. The Bertz CT molecular complexity index is 296. The molecule has 1 aromatic heterocycles. The van der Waals surface area contributed by atoms with Crippen LogP contribution in [0, 0.1) is 0 Å². The smallest absolute Gasteiger partial charge is 0.153 e. The molecular weight excluding hydrogens is 173 g/mol. The number of hydrogen-bond acceptors (Lipinski definition) is 2. The van der Waals surface area contributed by atoms with Gasteiger partial charge in [0.1, 0.15) is 0 Å². The Morgan fingerprint density at radius 3 is 2.92 bits per heavy atom. The Kier molecular flexibility index (Phi) is 1.83. The summed E-state index contributed by atoms with van der Waals surface area (Å²) in [5.74, 6) is 0. The van der Waals surface area contributed by atoms with Gasteiger partial charge in [-0.15, -0.1) is 11.8 Å². The van der Waals surface area contributed by atoms with Crippen LogP contribution >= 0.6 is 11.8 Å². The largest absolute Gasteiger partial charge is 0.258 e. The molecular formula is C9H10FNS. The monoisotopic (exact) mass is 183 g/mol. The second kappa shape index (κ2) is 2.73. The van der Waals surface area contributed by atoms with Crippen LogP contribution in [-0.2, 0) is 5.67 Å². The summed E-state index contributed by atoms with van der Waals surface area (Å²) >= 11 is 1.62. The molecule has 0 N–H and O–H groups in total. The molecule has 1 aromatic rings. The first-order chi connectivity index (χ1) is 5.74. The molecule has 1 aliphatic carbocycles. The van der Waals surface area contributed by atoms with Crippen LogP contribution in [0.25, 0.3) is 0 Å². The van der Waals surface area contributed by atoms with Crippen LogP contribution in [0.2, 0.25) is 0 Å². The van der Waals surface area contributed by atoms with Gasteiger partial charge in [0, 0.05) is 11.1 Å². The zero-order valence-corrected chi connectivity index (χ0v) is 7.70. The van der Waals surface area contributed by atoms with E-state index in [4.69, 9.17) is 0 Å². The fraction of sp³-hybridized carbons (Fsp3) is 0.444. The molecule has 1 nitrogen and oxygen atoms in total. The minimum absolute atomic E-state index is 0.606. The molecule has 64 valence electrons. The van der Waals surface area contributed by atoms with Crippen LogP contribution in [0.5, 0.6) is 0 Å². The molecule has 0 radical (unpaired) electrons. The molecule has 1 saturated carbocycles. The van der Waals surface area contributed by atoms with Crippen LogP contribution in [0.15, 0.2) is 23.2 Å². The highest BCUT2D eigenvalue weighted by atomic mass is 32.2. The minimum atomic E-state index is -1.09. The molecule has 1 fully saturated rings. The van der Waals surface area contributed by atoms with E-state index >= 15 is 0 Å². The predicted molar refractivity (Wildman–Crippen MR) is 48.0 cm³/mol. The second-order valence-corrected chi connectivity index (χ2v) is 3.93. The van der Waals surface area contributed by atoms with Crippen molar-refractivity contribution in [3.8, 4) is 0 Å². The van der Waals surface area contributed by atoms with Gasteiger partial charge in [0.25, 0.3) is 0 Å². The SMILES string of the molecule is CSc1ccnc(C2(F)CC2)c1. The normalized spacial score (nSPS) is 19.2. The van der Waals surface area contributed by atoms with E-state index in [0.29, 0.717) is 18.5 Å². The summed E-state index contributed by atoms with van der Waals surface area (Å²) in [5, 5.41) is 0. The maximum Gasteiger partial charge on any atom is 0.153 e. The molecule has 0 bridgehead atoms. The van der Waals surface area contributed by atoms with Crippen LogP contribution in [0.1, 0.15) is 18.5 Å². The summed E-state index contributed by atoms with van der Waals surface area (Å²) in [7, 11) is 0. The average molecular weight is 183 g/mol. The highest BCUT2D eigenvalue weighted by molar-refractivity contribution is 7.98. The second-order valence-electron chi connectivity index (χ2n) is 3.05. The number of alkyl halides is 1. The number of aromatic nitrogens is 1. The highest BCUT2D eigenvalue weighted by Crippen LogP contribution is 2.48. The Labute approximate surface area is 75.4 Å². The van der Waals surface area contributed by atoms with E-state index in [1.165, 1.54) is 0 Å². The van der Waals surface area contributed by atoms with Gasteiger partial charge in [0.05, 0.1) is 5.69 Å². The molecule has 2 rings (SSSR count). The Hall–Kier alpha value is -0.570. The number of thioether (sulfide) groups is 1. The van der Waals surface area contributed by atoms with E-state index in [0.717, 1.165) is 4.90 Å². The molecule has 1 aliphatic rings. The van der Waals surface area contributed by atoms with Gasteiger partial charge in [-0.3, -0.25) is 4.98 Å². The molecule has 1 heterocycles. The first-order valence-corrected chi connectivity index (χ1v) is 5.16. The third-order valence-electron chi connectivity index (χ3n) is 2.12. The van der Waals surface area contributed by atoms with Crippen molar-refractivity contribution in [1.29, 1.82) is 0 Å². The molecule has 0 amide bonds. The molecule has 0 spiro atoms. The molecule has 0 aromatic carbocycles. The highest BCUT2D eigenvalue weighted by Gasteiger charge is 2.46. The van der Waals surface area contributed by atoms with Gasteiger partial charge in [0.15, 0.2) is 5.67 Å². The standard InChI is InChI=1S/C9H10FNS/c1-12-7-2-5-11-8(6-7)9(10)3-4-9/h2,5-6H,3-4H2,1H3. The lowest BCUT2D eigenvalue weighted by Gasteiger charge is -2.04. The van der Waals surface area contributed by atoms with E-state index in [-0.39, 0.29) is 0 Å². The number of nitrogens with zero attached hydrogens (tertiary/aromatic N) is 1. The molecule has 3 heteroatoms. The van der Waals surface area contributed by atoms with Gasteiger partial charge in [0.2, 0.25) is 0 Å². The fourth-order valence-corrected chi connectivity index (χ4v) is 1.58. The van der Waals surface area contributed by atoms with E-state index in [9.17, 15) is 4.39 Å². The van der Waals surface area contributed by atoms with Gasteiger partial charge < -0.3 is 0 Å². The van der Waals surface area contributed by atoms with E-state index < -0.39 is 5.67 Å². The summed E-state index contributed by atoms with van der Waals surface area (Å²) in [6.07, 6.45) is 4.94. The molecule has 0 aliphatic heterocycles. The number of pyridine rings is 1. The third kappa shape index (κ3) is 1.33. The fourth-order valence-electron chi connectivity index (χ4n) is 1.15. The van der Waals surface area contributed by atoms with Crippen molar-refractivity contribution >= 4 is 11.8 Å². The summed E-state index contributed by atoms with van der Waals surface area (Å²) in [5.41, 5.74) is -0.486. The van der Waals surface area contributed by atoms with Crippen LogP contribution in [0.3, 0.4) is 0 Å². The van der Waals surface area contributed by atoms with Gasteiger partial charge in [-0.05, 0) is 31.2 Å². The average Bonchev–Trinajstić information content (AvgIpc) is 2.85. The van der Waals surface area contributed by atoms with Gasteiger partial charge in [-0.2, -0.15) is 0 Å². The van der Waals surface area contributed by atoms with Crippen molar-refractivity contribution in [2.24, 2.45) is 0 Å². The molecule has 0 unspecified atom stereocenters. The van der Waals surface area contributed by atoms with Crippen molar-refractivity contribution in [3.05, 3.63) is 24.0 Å². The topological polar surface area (TPSA) is 12.9 Å². The predicted octanol–water partition coefficient (Wildman–Crippen LogP) is 2.76. The summed E-state index contributed by atoms with van der Waals surface area (Å²) in [6.45, 7) is 0. The van der Waals surface area contributed by atoms with E-state index in [1.54, 1.807) is 18.0 Å². The number of halogens is 1. The van der Waals surface area contributed by atoms with Crippen LogP contribution in [0.4, 0.5) is 4.39 Å².